The predicted molar refractivity (Wildman–Crippen MR) is 57.8 cm³/mol. The third-order valence-corrected chi connectivity index (χ3v) is 4.52. The molecular weight excluding hydrogens is 243 g/mol. The minimum atomic E-state index is -0.109. The molecule has 0 aliphatic rings. The van der Waals surface area contributed by atoms with E-state index < -0.39 is 0 Å². The Morgan fingerprint density at radius 3 is 2.64 bits per heavy atom. The molecule has 1 aromatic rings. The molecule has 0 saturated heterocycles. The van der Waals surface area contributed by atoms with Crippen LogP contribution in [0.1, 0.15) is 6.92 Å². The van der Waals surface area contributed by atoms with Crippen molar-refractivity contribution in [2.75, 3.05) is 7.11 Å². The fourth-order valence-electron chi connectivity index (χ4n) is 1.01. The van der Waals surface area contributed by atoms with E-state index in [4.69, 9.17) is 0 Å². The summed E-state index contributed by atoms with van der Waals surface area (Å²) in [5, 5.41) is 0.906. The first-order chi connectivity index (χ1) is 6.74. The van der Waals surface area contributed by atoms with Crippen molar-refractivity contribution in [3.05, 3.63) is 30.3 Å². The number of esters is 1. The van der Waals surface area contributed by atoms with Crippen LogP contribution in [0.25, 0.3) is 0 Å². The zero-order valence-electron chi connectivity index (χ0n) is 8.40. The van der Waals surface area contributed by atoms with Crippen molar-refractivity contribution in [3.63, 3.8) is 0 Å². The van der Waals surface area contributed by atoms with Gasteiger partial charge in [0.25, 0.3) is 0 Å². The molecule has 3 heteroatoms. The molecule has 14 heavy (non-hydrogen) atoms. The van der Waals surface area contributed by atoms with Crippen molar-refractivity contribution in [2.24, 2.45) is 5.92 Å². The second-order valence-corrected chi connectivity index (χ2v) is 5.34. The fourth-order valence-corrected chi connectivity index (χ4v) is 2.95. The van der Waals surface area contributed by atoms with Gasteiger partial charge in [-0.25, -0.2) is 0 Å². The van der Waals surface area contributed by atoms with Gasteiger partial charge in [-0.1, -0.05) is 0 Å². The second kappa shape index (κ2) is 5.84. The summed E-state index contributed by atoms with van der Waals surface area (Å²) in [4.78, 5) is 11.1. The van der Waals surface area contributed by atoms with Gasteiger partial charge in [-0.2, -0.15) is 0 Å². The molecule has 2 nitrogen and oxygen atoms in total. The number of hydrogen-bond donors (Lipinski definition) is 0. The fraction of sp³-hybridized carbons (Fsp3) is 0.364. The van der Waals surface area contributed by atoms with Crippen LogP contribution in [0.15, 0.2) is 30.3 Å². The second-order valence-electron chi connectivity index (χ2n) is 3.05. The molecule has 76 valence electrons. The number of carbonyl (C=O) groups excluding carboxylic acids is 1. The molecule has 0 radical (unpaired) electrons. The van der Waals surface area contributed by atoms with Gasteiger partial charge in [-0.3, -0.25) is 0 Å². The molecule has 0 aromatic heterocycles. The van der Waals surface area contributed by atoms with Gasteiger partial charge in [0.2, 0.25) is 0 Å². The van der Waals surface area contributed by atoms with Crippen LogP contribution >= 0.6 is 0 Å². The Balaban J connectivity index is 2.38. The topological polar surface area (TPSA) is 26.3 Å². The summed E-state index contributed by atoms with van der Waals surface area (Å²) in [6.45, 7) is 1.91. The van der Waals surface area contributed by atoms with Crippen LogP contribution in [0, 0.1) is 5.92 Å². The van der Waals surface area contributed by atoms with Crippen LogP contribution in [0.3, 0.4) is 0 Å². The molecule has 0 aliphatic carbocycles. The molecule has 0 N–H and O–H groups in total. The van der Waals surface area contributed by atoms with Crippen molar-refractivity contribution in [1.29, 1.82) is 0 Å². The van der Waals surface area contributed by atoms with Gasteiger partial charge in [-0.15, -0.1) is 0 Å². The normalized spacial score (nSPS) is 12.1. The van der Waals surface area contributed by atoms with E-state index in [1.54, 1.807) is 0 Å². The average Bonchev–Trinajstić information content (AvgIpc) is 2.26. The molecule has 1 aromatic carbocycles. The molecule has 0 aliphatic heterocycles. The Bertz CT molecular complexity index is 285. The molecule has 1 unspecified atom stereocenters. The van der Waals surface area contributed by atoms with Gasteiger partial charge in [0.05, 0.1) is 0 Å². The summed E-state index contributed by atoms with van der Waals surface area (Å²) in [7, 11) is 1.44. The van der Waals surface area contributed by atoms with Crippen LogP contribution in [-0.4, -0.2) is 28.0 Å². The zero-order chi connectivity index (χ0) is 10.4. The number of rotatable bonds is 4. The molecular formula is C11H14O2Se. The van der Waals surface area contributed by atoms with Crippen LogP contribution in [0.5, 0.6) is 0 Å². The van der Waals surface area contributed by atoms with E-state index in [2.05, 4.69) is 16.9 Å². The first kappa shape index (κ1) is 11.3. The van der Waals surface area contributed by atoms with E-state index in [1.807, 2.05) is 25.1 Å². The standard InChI is InChI=1S/C11H14O2Se/c1-9(11(12)13-2)8-14-10-6-4-3-5-7-10/h3-7,9H,8H2,1-2H3. The Kier molecular flexibility index (Phi) is 4.71. The Morgan fingerprint density at radius 1 is 1.43 bits per heavy atom. The van der Waals surface area contributed by atoms with Gasteiger partial charge >= 0.3 is 90.5 Å². The van der Waals surface area contributed by atoms with Crippen LogP contribution in [0.2, 0.25) is 5.32 Å². The van der Waals surface area contributed by atoms with E-state index in [9.17, 15) is 4.79 Å². The van der Waals surface area contributed by atoms with Crippen LogP contribution in [-0.2, 0) is 9.53 Å². The van der Waals surface area contributed by atoms with Crippen molar-refractivity contribution in [2.45, 2.75) is 12.2 Å². The maximum atomic E-state index is 11.1. The SMILES string of the molecule is COC(=O)C(C)C[Se]c1ccccc1. The third-order valence-electron chi connectivity index (χ3n) is 1.85. The Morgan fingerprint density at radius 2 is 2.07 bits per heavy atom. The molecule has 0 amide bonds. The Hall–Kier alpha value is -0.791. The first-order valence-electron chi connectivity index (χ1n) is 4.49. The van der Waals surface area contributed by atoms with Gasteiger partial charge in [0.15, 0.2) is 0 Å². The number of hydrogen-bond acceptors (Lipinski definition) is 2. The zero-order valence-corrected chi connectivity index (χ0v) is 10.1. The average molecular weight is 257 g/mol. The summed E-state index contributed by atoms with van der Waals surface area (Å²) in [5.41, 5.74) is 0. The quantitative estimate of drug-likeness (QED) is 0.599. The molecule has 0 spiro atoms. The number of ether oxygens (including phenoxy) is 1. The summed E-state index contributed by atoms with van der Waals surface area (Å²) in [6, 6.07) is 10.3. The van der Waals surface area contributed by atoms with Gasteiger partial charge in [0.1, 0.15) is 0 Å². The third kappa shape index (κ3) is 3.52. The van der Waals surface area contributed by atoms with Gasteiger partial charge in [0, 0.05) is 0 Å². The predicted octanol–water partition coefficient (Wildman–Crippen LogP) is 1.24. The molecule has 1 rings (SSSR count). The van der Waals surface area contributed by atoms with Crippen LogP contribution < -0.4 is 4.46 Å². The van der Waals surface area contributed by atoms with Crippen molar-refractivity contribution >= 4 is 25.4 Å². The molecule has 0 bridgehead atoms. The number of carbonyl (C=O) groups is 1. The van der Waals surface area contributed by atoms with E-state index >= 15 is 0 Å². The van der Waals surface area contributed by atoms with E-state index in [0.29, 0.717) is 15.0 Å². The molecule has 0 fully saturated rings. The summed E-state index contributed by atoms with van der Waals surface area (Å²) >= 11 is 0.370. The van der Waals surface area contributed by atoms with Crippen molar-refractivity contribution in [3.8, 4) is 0 Å². The van der Waals surface area contributed by atoms with Gasteiger partial charge < -0.3 is 0 Å². The number of methoxy groups -OCH3 is 1. The van der Waals surface area contributed by atoms with Crippen molar-refractivity contribution < 1.29 is 9.53 Å². The molecule has 0 saturated carbocycles. The number of benzene rings is 1. The van der Waals surface area contributed by atoms with E-state index in [-0.39, 0.29) is 11.9 Å². The van der Waals surface area contributed by atoms with Gasteiger partial charge in [-0.05, 0) is 0 Å². The molecule has 1 atom stereocenters. The van der Waals surface area contributed by atoms with Crippen molar-refractivity contribution in [1.82, 2.24) is 0 Å². The summed E-state index contributed by atoms with van der Waals surface area (Å²) < 4.78 is 6.00. The van der Waals surface area contributed by atoms with E-state index in [0.717, 1.165) is 5.32 Å². The van der Waals surface area contributed by atoms with Crippen LogP contribution in [0.4, 0.5) is 0 Å². The first-order valence-corrected chi connectivity index (χ1v) is 6.56. The minimum absolute atomic E-state index is 0.0141. The summed E-state index contributed by atoms with van der Waals surface area (Å²) in [6.07, 6.45) is 0. The summed E-state index contributed by atoms with van der Waals surface area (Å²) in [5.74, 6) is -0.0944. The van der Waals surface area contributed by atoms with E-state index in [1.165, 1.54) is 11.6 Å². The monoisotopic (exact) mass is 258 g/mol. The Labute approximate surface area is 90.8 Å². The maximum absolute atomic E-state index is 11.1. The molecule has 0 heterocycles.